The van der Waals surface area contributed by atoms with Crippen LogP contribution in [0.25, 0.3) is 10.2 Å². The van der Waals surface area contributed by atoms with Crippen LogP contribution in [0.4, 0.5) is 20.2 Å². The van der Waals surface area contributed by atoms with Crippen molar-refractivity contribution < 1.29 is 18.8 Å². The molecule has 0 fully saturated rings. The molecule has 0 atom stereocenters. The standard InChI is InChI=1S/C10H9F2N3O3S/c11-10(12,4-16)3-13-6-1-2-7-8(14-5-19-7)9(6)15(17)18/h1-2,5,13,16H,3-4H2. The summed E-state index contributed by atoms with van der Waals surface area (Å²) in [6.07, 6.45) is 0. The van der Waals surface area contributed by atoms with Crippen molar-refractivity contribution in [1.29, 1.82) is 0 Å². The molecule has 1 aromatic heterocycles. The second-order valence-electron chi connectivity index (χ2n) is 3.79. The molecule has 1 heterocycles. The average molecular weight is 289 g/mol. The number of nitro groups is 1. The number of aromatic nitrogens is 1. The molecule has 0 aliphatic rings. The number of rotatable bonds is 5. The predicted octanol–water partition coefficient (Wildman–Crippen LogP) is 2.24. The Morgan fingerprint density at radius 1 is 1.53 bits per heavy atom. The van der Waals surface area contributed by atoms with Crippen molar-refractivity contribution in [1.82, 2.24) is 4.98 Å². The fourth-order valence-corrected chi connectivity index (χ4v) is 2.20. The Morgan fingerprint density at radius 2 is 2.26 bits per heavy atom. The molecule has 0 saturated carbocycles. The van der Waals surface area contributed by atoms with E-state index in [1.54, 1.807) is 6.07 Å². The molecule has 102 valence electrons. The summed E-state index contributed by atoms with van der Waals surface area (Å²) in [5.41, 5.74) is 1.22. The van der Waals surface area contributed by atoms with Gasteiger partial charge in [-0.05, 0) is 12.1 Å². The van der Waals surface area contributed by atoms with Crippen molar-refractivity contribution in [3.8, 4) is 0 Å². The molecule has 0 aliphatic carbocycles. The number of aliphatic hydroxyl groups excluding tert-OH is 1. The summed E-state index contributed by atoms with van der Waals surface area (Å²) in [6.45, 7) is -2.22. The largest absolute Gasteiger partial charge is 0.390 e. The molecule has 1 aromatic carbocycles. The van der Waals surface area contributed by atoms with Crippen LogP contribution in [0.3, 0.4) is 0 Å². The molecule has 2 aromatic rings. The number of thiazole rings is 1. The van der Waals surface area contributed by atoms with E-state index in [-0.39, 0.29) is 16.9 Å². The number of alkyl halides is 2. The Balaban J connectivity index is 2.37. The zero-order valence-corrected chi connectivity index (χ0v) is 10.3. The summed E-state index contributed by atoms with van der Waals surface area (Å²) in [7, 11) is 0. The molecule has 2 rings (SSSR count). The fraction of sp³-hybridized carbons (Fsp3) is 0.300. The molecule has 0 bridgehead atoms. The topological polar surface area (TPSA) is 88.3 Å². The lowest BCUT2D eigenvalue weighted by Crippen LogP contribution is -2.31. The Hall–Kier alpha value is -1.87. The van der Waals surface area contributed by atoms with Gasteiger partial charge in [0.15, 0.2) is 5.52 Å². The van der Waals surface area contributed by atoms with Gasteiger partial charge < -0.3 is 10.4 Å². The quantitative estimate of drug-likeness (QED) is 0.651. The van der Waals surface area contributed by atoms with E-state index in [1.807, 2.05) is 0 Å². The Kier molecular flexibility index (Phi) is 3.58. The third-order valence-electron chi connectivity index (χ3n) is 2.43. The highest BCUT2D eigenvalue weighted by molar-refractivity contribution is 7.16. The lowest BCUT2D eigenvalue weighted by molar-refractivity contribution is -0.382. The molecule has 19 heavy (non-hydrogen) atoms. The number of aliphatic hydroxyl groups is 1. The van der Waals surface area contributed by atoms with Gasteiger partial charge in [-0.25, -0.2) is 13.8 Å². The fourth-order valence-electron chi connectivity index (χ4n) is 1.52. The molecule has 0 radical (unpaired) electrons. The van der Waals surface area contributed by atoms with E-state index in [1.165, 1.54) is 22.9 Å². The van der Waals surface area contributed by atoms with Crippen molar-refractivity contribution in [2.24, 2.45) is 0 Å². The van der Waals surface area contributed by atoms with Crippen LogP contribution >= 0.6 is 11.3 Å². The first kappa shape index (κ1) is 13.6. The molecule has 6 nitrogen and oxygen atoms in total. The maximum absolute atomic E-state index is 12.9. The zero-order valence-electron chi connectivity index (χ0n) is 9.47. The van der Waals surface area contributed by atoms with Gasteiger partial charge in [-0.1, -0.05) is 0 Å². The summed E-state index contributed by atoms with van der Waals surface area (Å²) in [5, 5.41) is 21.8. The van der Waals surface area contributed by atoms with E-state index in [4.69, 9.17) is 5.11 Å². The molecule has 0 unspecified atom stereocenters. The van der Waals surface area contributed by atoms with E-state index in [0.717, 1.165) is 0 Å². The number of hydrogen-bond donors (Lipinski definition) is 2. The molecule has 0 spiro atoms. The highest BCUT2D eigenvalue weighted by Gasteiger charge is 2.29. The average Bonchev–Trinajstić information content (AvgIpc) is 2.83. The first-order valence-corrected chi connectivity index (χ1v) is 6.06. The van der Waals surface area contributed by atoms with Crippen LogP contribution in [0.2, 0.25) is 0 Å². The third-order valence-corrected chi connectivity index (χ3v) is 3.22. The summed E-state index contributed by atoms with van der Waals surface area (Å²) in [6, 6.07) is 2.92. The van der Waals surface area contributed by atoms with Crippen molar-refractivity contribution in [2.45, 2.75) is 5.92 Å². The number of nitro benzene ring substituents is 1. The number of nitrogens with one attached hydrogen (secondary N) is 1. The van der Waals surface area contributed by atoms with E-state index in [2.05, 4.69) is 10.3 Å². The minimum atomic E-state index is -3.34. The van der Waals surface area contributed by atoms with Gasteiger partial charge in [0.1, 0.15) is 12.3 Å². The lowest BCUT2D eigenvalue weighted by Gasteiger charge is -2.14. The number of anilines is 1. The molecule has 9 heteroatoms. The zero-order chi connectivity index (χ0) is 14.0. The minimum Gasteiger partial charge on any atom is -0.390 e. The molecule has 0 amide bonds. The molecule has 0 saturated heterocycles. The van der Waals surface area contributed by atoms with Crippen molar-refractivity contribution in [3.05, 3.63) is 27.8 Å². The van der Waals surface area contributed by atoms with E-state index >= 15 is 0 Å². The number of benzene rings is 1. The maximum Gasteiger partial charge on any atom is 0.319 e. The maximum atomic E-state index is 12.9. The van der Waals surface area contributed by atoms with Crippen molar-refractivity contribution in [2.75, 3.05) is 18.5 Å². The second kappa shape index (κ2) is 5.02. The second-order valence-corrected chi connectivity index (χ2v) is 4.67. The molecule has 2 N–H and O–H groups in total. The lowest BCUT2D eigenvalue weighted by atomic mass is 10.2. The van der Waals surface area contributed by atoms with Crippen LogP contribution in [0.15, 0.2) is 17.6 Å². The van der Waals surface area contributed by atoms with Gasteiger partial charge in [0.05, 0.1) is 21.7 Å². The van der Waals surface area contributed by atoms with Gasteiger partial charge in [-0.15, -0.1) is 11.3 Å². The van der Waals surface area contributed by atoms with E-state index in [0.29, 0.717) is 4.70 Å². The number of hydrogen-bond acceptors (Lipinski definition) is 6. The highest BCUT2D eigenvalue weighted by Crippen LogP contribution is 2.34. The van der Waals surface area contributed by atoms with E-state index in [9.17, 15) is 18.9 Å². The van der Waals surface area contributed by atoms with Gasteiger partial charge in [0.25, 0.3) is 5.92 Å². The number of fused-ring (bicyclic) bond motifs is 1. The number of halogens is 2. The van der Waals surface area contributed by atoms with Gasteiger partial charge in [-0.3, -0.25) is 10.1 Å². The smallest absolute Gasteiger partial charge is 0.319 e. The molecular formula is C10H9F2N3O3S. The summed E-state index contributed by atoms with van der Waals surface area (Å²) >= 11 is 1.22. The monoisotopic (exact) mass is 289 g/mol. The number of nitrogens with zero attached hydrogens (tertiary/aromatic N) is 2. The summed E-state index contributed by atoms with van der Waals surface area (Å²) in [4.78, 5) is 14.2. The normalized spacial score (nSPS) is 11.7. The van der Waals surface area contributed by atoms with Crippen LogP contribution in [-0.4, -0.2) is 34.1 Å². The molecular weight excluding hydrogens is 280 g/mol. The van der Waals surface area contributed by atoms with Crippen LogP contribution in [0.5, 0.6) is 0 Å². The Bertz CT molecular complexity index is 617. The van der Waals surface area contributed by atoms with Crippen molar-refractivity contribution in [3.63, 3.8) is 0 Å². The third kappa shape index (κ3) is 2.76. The summed E-state index contributed by atoms with van der Waals surface area (Å²) < 4.78 is 26.5. The van der Waals surface area contributed by atoms with Gasteiger partial charge in [0, 0.05) is 0 Å². The predicted molar refractivity (Wildman–Crippen MR) is 66.8 cm³/mol. The van der Waals surface area contributed by atoms with Crippen molar-refractivity contribution >= 4 is 32.9 Å². The Morgan fingerprint density at radius 3 is 2.89 bits per heavy atom. The SMILES string of the molecule is O=[N+]([O-])c1c(NCC(F)(F)CO)ccc2scnc12. The van der Waals surface area contributed by atoms with E-state index < -0.39 is 24.0 Å². The van der Waals surface area contributed by atoms with Crippen LogP contribution in [-0.2, 0) is 0 Å². The highest BCUT2D eigenvalue weighted by atomic mass is 32.1. The molecule has 0 aliphatic heterocycles. The summed E-state index contributed by atoms with van der Waals surface area (Å²) in [5.74, 6) is -3.34. The minimum absolute atomic E-state index is 0.0449. The first-order chi connectivity index (χ1) is 8.94. The van der Waals surface area contributed by atoms with Crippen LogP contribution < -0.4 is 5.32 Å². The van der Waals surface area contributed by atoms with Gasteiger partial charge in [-0.2, -0.15) is 0 Å². The van der Waals surface area contributed by atoms with Gasteiger partial charge in [0.2, 0.25) is 0 Å². The van der Waals surface area contributed by atoms with Crippen LogP contribution in [0, 0.1) is 10.1 Å². The Labute approximate surface area is 109 Å². The van der Waals surface area contributed by atoms with Crippen LogP contribution in [0.1, 0.15) is 0 Å². The van der Waals surface area contributed by atoms with Gasteiger partial charge >= 0.3 is 5.69 Å². The first-order valence-electron chi connectivity index (χ1n) is 5.18.